The highest BCUT2D eigenvalue weighted by atomic mass is 16.5. The quantitative estimate of drug-likeness (QED) is 0.787. The minimum Gasteiger partial charge on any atom is -0.390 e. The van der Waals surface area contributed by atoms with Gasteiger partial charge in [-0.05, 0) is 26.2 Å². The van der Waals surface area contributed by atoms with Gasteiger partial charge in [-0.2, -0.15) is 9.97 Å². The van der Waals surface area contributed by atoms with Crippen molar-refractivity contribution in [2.24, 2.45) is 0 Å². The summed E-state index contributed by atoms with van der Waals surface area (Å²) in [6.07, 6.45) is 2.52. The highest BCUT2D eigenvalue weighted by molar-refractivity contribution is 5.54. The first-order chi connectivity index (χ1) is 12.1. The zero-order valence-corrected chi connectivity index (χ0v) is 14.4. The van der Waals surface area contributed by atoms with Gasteiger partial charge in [0.15, 0.2) is 5.82 Å². The minimum atomic E-state index is -0.486. The van der Waals surface area contributed by atoms with Crippen molar-refractivity contribution in [1.29, 1.82) is 0 Å². The van der Waals surface area contributed by atoms with E-state index in [1.54, 1.807) is 6.92 Å². The first kappa shape index (κ1) is 16.2. The summed E-state index contributed by atoms with van der Waals surface area (Å²) in [6.45, 7) is 4.95. The van der Waals surface area contributed by atoms with Gasteiger partial charge in [0.2, 0.25) is 11.8 Å². The number of aryl methyl sites for hydroxylation is 2. The van der Waals surface area contributed by atoms with Crippen molar-refractivity contribution in [3.63, 3.8) is 0 Å². The maximum atomic E-state index is 10.5. The number of hydrogen-bond acceptors (Lipinski definition) is 9. The number of nitrogens with zero attached hydrogens (tertiary/aromatic N) is 6. The second-order valence-corrected chi connectivity index (χ2v) is 6.75. The molecule has 0 amide bonds. The number of aliphatic hydroxyl groups excluding tert-OH is 1. The molecule has 9 heteroatoms. The summed E-state index contributed by atoms with van der Waals surface area (Å²) in [5.41, 5.74) is 8.13. The Morgan fingerprint density at radius 2 is 2.08 bits per heavy atom. The van der Waals surface area contributed by atoms with Crippen LogP contribution in [-0.2, 0) is 19.4 Å². The first-order valence-corrected chi connectivity index (χ1v) is 8.68. The molecule has 2 aromatic heterocycles. The molecule has 3 N–H and O–H groups in total. The summed E-state index contributed by atoms with van der Waals surface area (Å²) in [5, 5.41) is 14.3. The van der Waals surface area contributed by atoms with Crippen molar-refractivity contribution < 1.29 is 9.63 Å². The van der Waals surface area contributed by atoms with Gasteiger partial charge < -0.3 is 20.3 Å². The normalized spacial score (nSPS) is 21.4. The third kappa shape index (κ3) is 3.42. The molecule has 0 bridgehead atoms. The van der Waals surface area contributed by atoms with Crippen LogP contribution >= 0.6 is 0 Å². The molecule has 2 aromatic rings. The first-order valence-electron chi connectivity index (χ1n) is 8.68. The monoisotopic (exact) mass is 345 g/mol. The predicted molar refractivity (Wildman–Crippen MR) is 91.0 cm³/mol. The standard InChI is InChI=1S/C16H23N7O2/c1-10-18-14(25-21-10)9-22-5-6-23(8-11(24)7-22)15-12-3-2-4-13(12)19-16(17)20-15/h11,24H,2-9H2,1H3,(H2,17,19,20). The number of hydrogen-bond donors (Lipinski definition) is 2. The number of β-amino-alcohol motifs (C(OH)–C–C–N with tert-alkyl or cyclic N) is 1. The summed E-state index contributed by atoms with van der Waals surface area (Å²) < 4.78 is 5.20. The average molecular weight is 345 g/mol. The van der Waals surface area contributed by atoms with E-state index in [4.69, 9.17) is 10.3 Å². The summed E-state index contributed by atoms with van der Waals surface area (Å²) in [4.78, 5) is 17.3. The van der Waals surface area contributed by atoms with E-state index in [0.29, 0.717) is 37.3 Å². The molecule has 0 aromatic carbocycles. The van der Waals surface area contributed by atoms with Gasteiger partial charge in [-0.1, -0.05) is 5.16 Å². The lowest BCUT2D eigenvalue weighted by atomic mass is 10.2. The summed E-state index contributed by atoms with van der Waals surface area (Å²) >= 11 is 0. The molecule has 0 radical (unpaired) electrons. The van der Waals surface area contributed by atoms with Crippen LogP contribution in [0, 0.1) is 6.92 Å². The number of nitrogen functional groups attached to an aromatic ring is 1. The van der Waals surface area contributed by atoms with Crippen molar-refractivity contribution >= 4 is 11.8 Å². The summed E-state index contributed by atoms with van der Waals surface area (Å²) in [7, 11) is 0. The van der Waals surface area contributed by atoms with Crippen molar-refractivity contribution in [2.75, 3.05) is 36.8 Å². The maximum Gasteiger partial charge on any atom is 0.240 e. The zero-order chi connectivity index (χ0) is 17.4. The molecule has 2 aliphatic rings. The minimum absolute atomic E-state index is 0.313. The molecule has 1 aliphatic carbocycles. The van der Waals surface area contributed by atoms with E-state index in [-0.39, 0.29) is 0 Å². The van der Waals surface area contributed by atoms with Crippen molar-refractivity contribution in [2.45, 2.75) is 38.8 Å². The molecule has 0 saturated carbocycles. The van der Waals surface area contributed by atoms with E-state index >= 15 is 0 Å². The van der Waals surface area contributed by atoms with Crippen LogP contribution in [0.3, 0.4) is 0 Å². The van der Waals surface area contributed by atoms with Crippen LogP contribution in [0.2, 0.25) is 0 Å². The van der Waals surface area contributed by atoms with Crippen LogP contribution < -0.4 is 10.6 Å². The smallest absolute Gasteiger partial charge is 0.240 e. The van der Waals surface area contributed by atoms with Gasteiger partial charge in [-0.15, -0.1) is 0 Å². The summed E-state index contributed by atoms with van der Waals surface area (Å²) in [6, 6.07) is 0. The van der Waals surface area contributed by atoms with Crippen molar-refractivity contribution in [1.82, 2.24) is 25.0 Å². The van der Waals surface area contributed by atoms with E-state index < -0.39 is 6.10 Å². The molecular weight excluding hydrogens is 322 g/mol. The van der Waals surface area contributed by atoms with Crippen LogP contribution in [-0.4, -0.2) is 62.4 Å². The fourth-order valence-electron chi connectivity index (χ4n) is 3.68. The Kier molecular flexibility index (Phi) is 4.26. The number of anilines is 2. The fraction of sp³-hybridized carbons (Fsp3) is 0.625. The Hall–Kier alpha value is -2.26. The SMILES string of the molecule is Cc1noc(CN2CCN(c3nc(N)nc4c3CCC4)CC(O)C2)n1. The molecule has 1 unspecified atom stereocenters. The van der Waals surface area contributed by atoms with Gasteiger partial charge in [-0.25, -0.2) is 4.98 Å². The molecule has 25 heavy (non-hydrogen) atoms. The third-order valence-electron chi connectivity index (χ3n) is 4.74. The lowest BCUT2D eigenvalue weighted by Crippen LogP contribution is -2.34. The van der Waals surface area contributed by atoms with Crippen molar-refractivity contribution in [3.8, 4) is 0 Å². The van der Waals surface area contributed by atoms with Crippen LogP contribution in [0.4, 0.5) is 11.8 Å². The van der Waals surface area contributed by atoms with E-state index in [1.165, 1.54) is 5.56 Å². The zero-order valence-electron chi connectivity index (χ0n) is 14.4. The van der Waals surface area contributed by atoms with E-state index in [2.05, 4.69) is 29.9 Å². The Labute approximate surface area is 145 Å². The molecule has 3 heterocycles. The number of nitrogens with two attached hydrogens (primary N) is 1. The molecule has 1 atom stereocenters. The van der Waals surface area contributed by atoms with E-state index in [0.717, 1.165) is 43.9 Å². The molecule has 134 valence electrons. The van der Waals surface area contributed by atoms with Gasteiger partial charge in [0.05, 0.1) is 18.3 Å². The largest absolute Gasteiger partial charge is 0.390 e. The number of rotatable bonds is 3. The van der Waals surface area contributed by atoms with Gasteiger partial charge in [0, 0.05) is 31.7 Å². The van der Waals surface area contributed by atoms with Gasteiger partial charge in [0.1, 0.15) is 5.82 Å². The number of aromatic nitrogens is 4. The van der Waals surface area contributed by atoms with Gasteiger partial charge in [-0.3, -0.25) is 4.90 Å². The number of aliphatic hydroxyl groups is 1. The Bertz CT molecular complexity index is 763. The van der Waals surface area contributed by atoms with Gasteiger partial charge in [0.25, 0.3) is 0 Å². The van der Waals surface area contributed by atoms with Crippen LogP contribution in [0.15, 0.2) is 4.52 Å². The lowest BCUT2D eigenvalue weighted by molar-refractivity contribution is 0.122. The highest BCUT2D eigenvalue weighted by Gasteiger charge is 2.27. The Balaban J connectivity index is 1.52. The molecule has 9 nitrogen and oxygen atoms in total. The van der Waals surface area contributed by atoms with E-state index in [9.17, 15) is 5.11 Å². The van der Waals surface area contributed by atoms with Crippen LogP contribution in [0.5, 0.6) is 0 Å². The maximum absolute atomic E-state index is 10.5. The molecule has 1 saturated heterocycles. The molecule has 1 aliphatic heterocycles. The molecular formula is C16H23N7O2. The van der Waals surface area contributed by atoms with Gasteiger partial charge >= 0.3 is 0 Å². The topological polar surface area (TPSA) is 117 Å². The second kappa shape index (κ2) is 6.57. The summed E-state index contributed by atoms with van der Waals surface area (Å²) in [5.74, 6) is 2.39. The molecule has 0 spiro atoms. The fourth-order valence-corrected chi connectivity index (χ4v) is 3.68. The van der Waals surface area contributed by atoms with E-state index in [1.807, 2.05) is 0 Å². The van der Waals surface area contributed by atoms with Crippen LogP contribution in [0.25, 0.3) is 0 Å². The second-order valence-electron chi connectivity index (χ2n) is 6.75. The highest BCUT2D eigenvalue weighted by Crippen LogP contribution is 2.30. The Morgan fingerprint density at radius 1 is 1.20 bits per heavy atom. The molecule has 4 rings (SSSR count). The van der Waals surface area contributed by atoms with Crippen LogP contribution in [0.1, 0.15) is 29.4 Å². The number of fused-ring (bicyclic) bond motifs is 1. The predicted octanol–water partition coefficient (Wildman–Crippen LogP) is -0.0780. The average Bonchev–Trinajstić information content (AvgIpc) is 3.14. The van der Waals surface area contributed by atoms with Crippen molar-refractivity contribution in [3.05, 3.63) is 23.0 Å². The Morgan fingerprint density at radius 3 is 2.88 bits per heavy atom. The lowest BCUT2D eigenvalue weighted by Gasteiger charge is -2.25. The molecule has 1 fully saturated rings. The third-order valence-corrected chi connectivity index (χ3v) is 4.74.